The summed E-state index contributed by atoms with van der Waals surface area (Å²) in [5.74, 6) is 1.29. The lowest BCUT2D eigenvalue weighted by atomic mass is 10.0. The fourth-order valence-corrected chi connectivity index (χ4v) is 3.57. The van der Waals surface area contributed by atoms with Crippen LogP contribution in [0.4, 0.5) is 0 Å². The van der Waals surface area contributed by atoms with Gasteiger partial charge in [-0.25, -0.2) is 4.98 Å². The number of amides is 1. The Bertz CT molecular complexity index is 473. The average molecular weight is 290 g/mol. The number of nitrogens with zero attached hydrogens (tertiary/aromatic N) is 2. The molecular formula is C16H26N4O. The molecule has 5 heteroatoms. The summed E-state index contributed by atoms with van der Waals surface area (Å²) >= 11 is 0. The smallest absolute Gasteiger partial charge is 0.221 e. The standard InChI is InChI=1S/C16H26N4O/c1-2-17-15(21)9-11-20-10-5-8-14(20)16-18-12-6-3-4-7-13(12)19-16/h14H,2-11H2,1H3,(H,17,21)(H,18,19). The molecule has 0 bridgehead atoms. The number of nitrogens with one attached hydrogen (secondary N) is 2. The highest BCUT2D eigenvalue weighted by Gasteiger charge is 2.29. The van der Waals surface area contributed by atoms with Crippen molar-refractivity contribution in [3.8, 4) is 0 Å². The number of likely N-dealkylation sites (tertiary alicyclic amines) is 1. The van der Waals surface area contributed by atoms with E-state index in [1.807, 2.05) is 6.92 Å². The first-order valence-corrected chi connectivity index (χ1v) is 8.36. The van der Waals surface area contributed by atoms with E-state index in [0.29, 0.717) is 19.0 Å². The van der Waals surface area contributed by atoms with Crippen LogP contribution in [0, 0.1) is 0 Å². The summed E-state index contributed by atoms with van der Waals surface area (Å²) in [4.78, 5) is 22.5. The van der Waals surface area contributed by atoms with Gasteiger partial charge in [-0.3, -0.25) is 9.69 Å². The van der Waals surface area contributed by atoms with Gasteiger partial charge in [0.1, 0.15) is 5.82 Å². The third kappa shape index (κ3) is 3.28. The van der Waals surface area contributed by atoms with Gasteiger partial charge in [0.05, 0.1) is 11.7 Å². The zero-order chi connectivity index (χ0) is 14.7. The Kier molecular flexibility index (Phi) is 4.58. The van der Waals surface area contributed by atoms with Gasteiger partial charge in [-0.2, -0.15) is 0 Å². The molecule has 2 heterocycles. The molecule has 0 saturated carbocycles. The average Bonchev–Trinajstić information content (AvgIpc) is 3.11. The normalized spacial score (nSPS) is 22.2. The lowest BCUT2D eigenvalue weighted by Gasteiger charge is -2.22. The van der Waals surface area contributed by atoms with E-state index in [2.05, 4.69) is 15.2 Å². The van der Waals surface area contributed by atoms with Crippen LogP contribution in [0.2, 0.25) is 0 Å². The molecule has 1 atom stereocenters. The first-order valence-electron chi connectivity index (χ1n) is 8.36. The van der Waals surface area contributed by atoms with Crippen LogP contribution >= 0.6 is 0 Å². The summed E-state index contributed by atoms with van der Waals surface area (Å²) in [6.45, 7) is 4.59. The topological polar surface area (TPSA) is 61.0 Å². The van der Waals surface area contributed by atoms with E-state index >= 15 is 0 Å². The molecule has 1 aromatic heterocycles. The maximum absolute atomic E-state index is 11.6. The molecule has 1 aromatic rings. The quantitative estimate of drug-likeness (QED) is 0.871. The molecule has 0 aromatic carbocycles. The van der Waals surface area contributed by atoms with Gasteiger partial charge in [-0.15, -0.1) is 0 Å². The Labute approximate surface area is 126 Å². The number of aromatic nitrogens is 2. The van der Waals surface area contributed by atoms with Gasteiger partial charge in [0.15, 0.2) is 0 Å². The Hall–Kier alpha value is -1.36. The van der Waals surface area contributed by atoms with Crippen LogP contribution in [0.5, 0.6) is 0 Å². The second kappa shape index (κ2) is 6.60. The molecule has 0 radical (unpaired) electrons. The third-order valence-electron chi connectivity index (χ3n) is 4.65. The third-order valence-corrected chi connectivity index (χ3v) is 4.65. The molecule has 1 aliphatic carbocycles. The second-order valence-electron chi connectivity index (χ2n) is 6.15. The van der Waals surface area contributed by atoms with E-state index in [9.17, 15) is 4.79 Å². The van der Waals surface area contributed by atoms with Crippen molar-refractivity contribution >= 4 is 5.91 Å². The van der Waals surface area contributed by atoms with E-state index in [1.54, 1.807) is 0 Å². The summed E-state index contributed by atoms with van der Waals surface area (Å²) in [5, 5.41) is 2.87. The van der Waals surface area contributed by atoms with Crippen LogP contribution < -0.4 is 5.32 Å². The van der Waals surface area contributed by atoms with Crippen LogP contribution in [0.3, 0.4) is 0 Å². The van der Waals surface area contributed by atoms with E-state index in [0.717, 1.165) is 38.2 Å². The van der Waals surface area contributed by atoms with Crippen molar-refractivity contribution in [3.63, 3.8) is 0 Å². The summed E-state index contributed by atoms with van der Waals surface area (Å²) < 4.78 is 0. The zero-order valence-corrected chi connectivity index (χ0v) is 13.0. The Morgan fingerprint density at radius 2 is 2.24 bits per heavy atom. The highest BCUT2D eigenvalue weighted by atomic mass is 16.1. The van der Waals surface area contributed by atoms with E-state index in [1.165, 1.54) is 30.7 Å². The molecule has 1 unspecified atom stereocenters. The summed E-state index contributed by atoms with van der Waals surface area (Å²) in [6, 6.07) is 0.380. The monoisotopic (exact) mass is 290 g/mol. The van der Waals surface area contributed by atoms with Gasteiger partial charge < -0.3 is 10.3 Å². The number of carbonyl (C=O) groups excluding carboxylic acids is 1. The molecule has 116 valence electrons. The minimum atomic E-state index is 0.155. The molecule has 21 heavy (non-hydrogen) atoms. The highest BCUT2D eigenvalue weighted by molar-refractivity contribution is 5.75. The van der Waals surface area contributed by atoms with E-state index < -0.39 is 0 Å². The largest absolute Gasteiger partial charge is 0.356 e. The predicted molar refractivity (Wildman–Crippen MR) is 82.1 cm³/mol. The molecule has 1 fully saturated rings. The van der Waals surface area contributed by atoms with Crippen LogP contribution in [-0.4, -0.2) is 40.4 Å². The van der Waals surface area contributed by atoms with Gasteiger partial charge in [0.2, 0.25) is 5.91 Å². The summed E-state index contributed by atoms with van der Waals surface area (Å²) in [6.07, 6.45) is 7.76. The van der Waals surface area contributed by atoms with Gasteiger partial charge in [-0.1, -0.05) is 0 Å². The SMILES string of the molecule is CCNC(=O)CCN1CCCC1c1nc2c([nH]1)CCCC2. The van der Waals surface area contributed by atoms with Crippen LogP contribution in [0.15, 0.2) is 0 Å². The molecule has 2 aliphatic rings. The van der Waals surface area contributed by atoms with Gasteiger partial charge >= 0.3 is 0 Å². The van der Waals surface area contributed by atoms with Crippen molar-refractivity contribution < 1.29 is 4.79 Å². The number of aromatic amines is 1. The number of fused-ring (bicyclic) bond motifs is 1. The Morgan fingerprint density at radius 1 is 1.38 bits per heavy atom. The first-order chi connectivity index (χ1) is 10.3. The van der Waals surface area contributed by atoms with Crippen molar-refractivity contribution in [1.29, 1.82) is 0 Å². The molecule has 1 amide bonds. The number of aryl methyl sites for hydroxylation is 2. The number of imidazole rings is 1. The molecule has 5 nitrogen and oxygen atoms in total. The molecule has 2 N–H and O–H groups in total. The molecule has 3 rings (SSSR count). The number of H-pyrrole nitrogens is 1. The van der Waals surface area contributed by atoms with Crippen molar-refractivity contribution in [2.24, 2.45) is 0 Å². The summed E-state index contributed by atoms with van der Waals surface area (Å²) in [7, 11) is 0. The Balaban J connectivity index is 1.63. The fourth-order valence-electron chi connectivity index (χ4n) is 3.57. The van der Waals surface area contributed by atoms with Crippen molar-refractivity contribution in [2.75, 3.05) is 19.6 Å². The maximum Gasteiger partial charge on any atom is 0.221 e. The fraction of sp³-hybridized carbons (Fsp3) is 0.750. The predicted octanol–water partition coefficient (Wildman–Crippen LogP) is 1.95. The zero-order valence-electron chi connectivity index (χ0n) is 13.0. The lowest BCUT2D eigenvalue weighted by Crippen LogP contribution is -2.31. The number of rotatable bonds is 5. The van der Waals surface area contributed by atoms with Crippen molar-refractivity contribution in [2.45, 2.75) is 57.9 Å². The molecular weight excluding hydrogens is 264 g/mol. The Morgan fingerprint density at radius 3 is 3.05 bits per heavy atom. The lowest BCUT2D eigenvalue weighted by molar-refractivity contribution is -0.121. The molecule has 1 aliphatic heterocycles. The maximum atomic E-state index is 11.6. The molecule has 0 spiro atoms. The number of hydrogen-bond donors (Lipinski definition) is 2. The van der Waals surface area contributed by atoms with Crippen LogP contribution in [0.25, 0.3) is 0 Å². The van der Waals surface area contributed by atoms with Crippen molar-refractivity contribution in [3.05, 3.63) is 17.2 Å². The second-order valence-corrected chi connectivity index (χ2v) is 6.15. The van der Waals surface area contributed by atoms with Gasteiger partial charge in [0.25, 0.3) is 0 Å². The van der Waals surface area contributed by atoms with Crippen LogP contribution in [-0.2, 0) is 17.6 Å². The summed E-state index contributed by atoms with van der Waals surface area (Å²) in [5.41, 5.74) is 2.64. The number of hydrogen-bond acceptors (Lipinski definition) is 3. The van der Waals surface area contributed by atoms with Crippen LogP contribution in [0.1, 0.15) is 62.3 Å². The highest BCUT2D eigenvalue weighted by Crippen LogP contribution is 2.32. The van der Waals surface area contributed by atoms with Crippen molar-refractivity contribution in [1.82, 2.24) is 20.2 Å². The number of carbonyl (C=O) groups is 1. The van der Waals surface area contributed by atoms with E-state index in [-0.39, 0.29) is 5.91 Å². The first kappa shape index (κ1) is 14.6. The molecule has 1 saturated heterocycles. The minimum Gasteiger partial charge on any atom is -0.356 e. The van der Waals surface area contributed by atoms with Gasteiger partial charge in [-0.05, 0) is 52.0 Å². The van der Waals surface area contributed by atoms with Gasteiger partial charge in [0, 0.05) is 25.2 Å². The van der Waals surface area contributed by atoms with E-state index in [4.69, 9.17) is 4.98 Å². The minimum absolute atomic E-state index is 0.155.